The summed E-state index contributed by atoms with van der Waals surface area (Å²) in [5.41, 5.74) is 1.15. The van der Waals surface area contributed by atoms with E-state index in [-0.39, 0.29) is 17.9 Å². The summed E-state index contributed by atoms with van der Waals surface area (Å²) < 4.78 is 1.04. The Bertz CT molecular complexity index is 463. The Morgan fingerprint density at radius 2 is 2.10 bits per heavy atom. The first-order chi connectivity index (χ1) is 9.49. The molecule has 1 aromatic carbocycles. The molecule has 0 bridgehead atoms. The molecule has 2 rings (SSSR count). The molecule has 1 saturated heterocycles. The maximum atomic E-state index is 12.3. The number of hydrogen-bond acceptors (Lipinski definition) is 3. The van der Waals surface area contributed by atoms with Crippen LogP contribution in [0, 0.1) is 0 Å². The summed E-state index contributed by atoms with van der Waals surface area (Å²) in [6.07, 6.45) is -0.00612. The van der Waals surface area contributed by atoms with Gasteiger partial charge in [0, 0.05) is 31.0 Å². The number of halogens is 1. The van der Waals surface area contributed by atoms with E-state index in [1.165, 1.54) is 0 Å². The molecule has 5 heteroatoms. The van der Waals surface area contributed by atoms with Crippen LogP contribution in [0.5, 0.6) is 0 Å². The van der Waals surface area contributed by atoms with E-state index in [0.29, 0.717) is 19.5 Å². The van der Waals surface area contributed by atoms with Gasteiger partial charge in [0.15, 0.2) is 0 Å². The maximum absolute atomic E-state index is 12.3. The lowest BCUT2D eigenvalue weighted by molar-refractivity contribution is -0.133. The van der Waals surface area contributed by atoms with Gasteiger partial charge in [0.1, 0.15) is 0 Å². The Labute approximate surface area is 128 Å². The monoisotopic (exact) mass is 340 g/mol. The summed E-state index contributed by atoms with van der Waals surface area (Å²) in [4.78, 5) is 14.0. The average molecular weight is 341 g/mol. The summed E-state index contributed by atoms with van der Waals surface area (Å²) in [5.74, 6) is 0.248. The minimum atomic E-state index is -0.466. The molecule has 1 amide bonds. The lowest BCUT2D eigenvalue weighted by Gasteiger charge is -2.27. The Kier molecular flexibility index (Phi) is 5.18. The van der Waals surface area contributed by atoms with Crippen LogP contribution in [0.3, 0.4) is 0 Å². The SMILES string of the molecule is CC(CC(=O)N(C)[C@H]1CNC[C@@H]1O)c1ccc(Br)cc1. The second kappa shape index (κ2) is 6.70. The molecule has 1 aliphatic heterocycles. The number of nitrogens with one attached hydrogen (secondary N) is 1. The zero-order valence-electron chi connectivity index (χ0n) is 11.8. The Morgan fingerprint density at radius 3 is 2.65 bits per heavy atom. The first-order valence-electron chi connectivity index (χ1n) is 6.89. The maximum Gasteiger partial charge on any atom is 0.223 e. The first-order valence-corrected chi connectivity index (χ1v) is 7.68. The van der Waals surface area contributed by atoms with Crippen LogP contribution < -0.4 is 5.32 Å². The van der Waals surface area contributed by atoms with Crippen molar-refractivity contribution in [3.8, 4) is 0 Å². The van der Waals surface area contributed by atoms with Crippen molar-refractivity contribution in [2.24, 2.45) is 0 Å². The van der Waals surface area contributed by atoms with Gasteiger partial charge in [-0.3, -0.25) is 4.79 Å². The minimum Gasteiger partial charge on any atom is -0.390 e. The predicted molar refractivity (Wildman–Crippen MR) is 82.6 cm³/mol. The van der Waals surface area contributed by atoms with E-state index >= 15 is 0 Å². The number of nitrogens with zero attached hydrogens (tertiary/aromatic N) is 1. The molecule has 1 unspecified atom stereocenters. The molecule has 2 N–H and O–H groups in total. The fourth-order valence-electron chi connectivity index (χ4n) is 2.55. The standard InChI is InChI=1S/C15H21BrN2O2/c1-10(11-3-5-12(16)6-4-11)7-15(20)18(2)13-8-17-9-14(13)19/h3-6,10,13-14,17,19H,7-9H2,1-2H3/t10?,13-,14-/m0/s1. The number of hydrogen-bond donors (Lipinski definition) is 2. The third-order valence-electron chi connectivity index (χ3n) is 3.96. The Balaban J connectivity index is 1.95. The fraction of sp³-hybridized carbons (Fsp3) is 0.533. The lowest BCUT2D eigenvalue weighted by atomic mass is 9.97. The largest absolute Gasteiger partial charge is 0.390 e. The lowest BCUT2D eigenvalue weighted by Crippen LogP contribution is -2.44. The van der Waals surface area contributed by atoms with Gasteiger partial charge in [-0.2, -0.15) is 0 Å². The molecule has 1 fully saturated rings. The molecule has 1 aromatic rings. The number of amides is 1. The van der Waals surface area contributed by atoms with E-state index in [2.05, 4.69) is 28.2 Å². The zero-order chi connectivity index (χ0) is 14.7. The third-order valence-corrected chi connectivity index (χ3v) is 4.49. The van der Waals surface area contributed by atoms with Gasteiger partial charge < -0.3 is 15.3 Å². The van der Waals surface area contributed by atoms with Gasteiger partial charge in [0.25, 0.3) is 0 Å². The second-order valence-electron chi connectivity index (χ2n) is 5.45. The van der Waals surface area contributed by atoms with Crippen LogP contribution in [0.25, 0.3) is 0 Å². The van der Waals surface area contributed by atoms with Crippen LogP contribution in [0.1, 0.15) is 24.8 Å². The molecule has 3 atom stereocenters. The minimum absolute atomic E-state index is 0.0770. The number of rotatable bonds is 4. The van der Waals surface area contributed by atoms with Crippen molar-refractivity contribution in [2.45, 2.75) is 31.4 Å². The van der Waals surface area contributed by atoms with E-state index in [9.17, 15) is 9.90 Å². The summed E-state index contributed by atoms with van der Waals surface area (Å²) in [5, 5.41) is 12.9. The Morgan fingerprint density at radius 1 is 1.45 bits per heavy atom. The van der Waals surface area contributed by atoms with E-state index in [0.717, 1.165) is 10.0 Å². The molecular formula is C15H21BrN2O2. The molecule has 0 aliphatic carbocycles. The highest BCUT2D eigenvalue weighted by Gasteiger charge is 2.31. The topological polar surface area (TPSA) is 52.6 Å². The van der Waals surface area contributed by atoms with Gasteiger partial charge in [-0.25, -0.2) is 0 Å². The highest BCUT2D eigenvalue weighted by Crippen LogP contribution is 2.22. The second-order valence-corrected chi connectivity index (χ2v) is 6.37. The van der Waals surface area contributed by atoms with E-state index in [1.54, 1.807) is 11.9 Å². The first kappa shape index (κ1) is 15.5. The number of carbonyl (C=O) groups excluding carboxylic acids is 1. The van der Waals surface area contributed by atoms with Gasteiger partial charge in [-0.1, -0.05) is 35.0 Å². The smallest absolute Gasteiger partial charge is 0.223 e. The molecule has 4 nitrogen and oxygen atoms in total. The molecule has 1 heterocycles. The average Bonchev–Trinajstić information content (AvgIpc) is 2.84. The van der Waals surface area contributed by atoms with Gasteiger partial charge in [0.05, 0.1) is 12.1 Å². The van der Waals surface area contributed by atoms with Crippen LogP contribution in [0.4, 0.5) is 0 Å². The zero-order valence-corrected chi connectivity index (χ0v) is 13.4. The Hall–Kier alpha value is -0.910. The van der Waals surface area contributed by atoms with Crippen molar-refractivity contribution in [3.05, 3.63) is 34.3 Å². The van der Waals surface area contributed by atoms with Crippen molar-refractivity contribution < 1.29 is 9.90 Å². The van der Waals surface area contributed by atoms with Crippen molar-refractivity contribution in [2.75, 3.05) is 20.1 Å². The van der Waals surface area contributed by atoms with Crippen molar-refractivity contribution in [1.82, 2.24) is 10.2 Å². The molecule has 0 radical (unpaired) electrons. The summed E-state index contributed by atoms with van der Waals surface area (Å²) in [7, 11) is 1.78. The molecule has 20 heavy (non-hydrogen) atoms. The van der Waals surface area contributed by atoms with Crippen LogP contribution in [0.2, 0.25) is 0 Å². The number of aliphatic hydroxyl groups is 1. The van der Waals surface area contributed by atoms with Gasteiger partial charge in [-0.05, 0) is 23.6 Å². The molecular weight excluding hydrogens is 320 g/mol. The normalized spacial score (nSPS) is 23.6. The van der Waals surface area contributed by atoms with E-state index in [4.69, 9.17) is 0 Å². The fourth-order valence-corrected chi connectivity index (χ4v) is 2.81. The van der Waals surface area contributed by atoms with Crippen molar-refractivity contribution >= 4 is 21.8 Å². The number of benzene rings is 1. The number of carbonyl (C=O) groups is 1. The van der Waals surface area contributed by atoms with Crippen molar-refractivity contribution in [1.29, 1.82) is 0 Å². The number of aliphatic hydroxyl groups excluding tert-OH is 1. The molecule has 0 aromatic heterocycles. The van der Waals surface area contributed by atoms with Crippen LogP contribution in [0.15, 0.2) is 28.7 Å². The molecule has 0 saturated carbocycles. The molecule has 0 spiro atoms. The van der Waals surface area contributed by atoms with E-state index < -0.39 is 6.10 Å². The predicted octanol–water partition coefficient (Wildman–Crippen LogP) is 1.73. The highest BCUT2D eigenvalue weighted by atomic mass is 79.9. The third kappa shape index (κ3) is 3.59. The van der Waals surface area contributed by atoms with Gasteiger partial charge >= 0.3 is 0 Å². The van der Waals surface area contributed by atoms with Crippen LogP contribution in [-0.4, -0.2) is 48.2 Å². The van der Waals surface area contributed by atoms with Gasteiger partial charge in [-0.15, -0.1) is 0 Å². The summed E-state index contributed by atoms with van der Waals surface area (Å²) >= 11 is 3.41. The molecule has 110 valence electrons. The number of likely N-dealkylation sites (N-methyl/N-ethyl adjacent to an activating group) is 1. The van der Waals surface area contributed by atoms with Crippen LogP contribution in [-0.2, 0) is 4.79 Å². The number of β-amino-alcohol motifs (C(OH)–C–C–N with tert-alkyl or cyclic N) is 1. The summed E-state index contributed by atoms with van der Waals surface area (Å²) in [6.45, 7) is 3.28. The van der Waals surface area contributed by atoms with Crippen LogP contribution >= 0.6 is 15.9 Å². The quantitative estimate of drug-likeness (QED) is 0.877. The van der Waals surface area contributed by atoms with Gasteiger partial charge in [0.2, 0.25) is 5.91 Å². The van der Waals surface area contributed by atoms with Crippen molar-refractivity contribution in [3.63, 3.8) is 0 Å². The summed E-state index contributed by atoms with van der Waals surface area (Å²) in [6, 6.07) is 7.94. The molecule has 1 aliphatic rings. The highest BCUT2D eigenvalue weighted by molar-refractivity contribution is 9.10. The van der Waals surface area contributed by atoms with E-state index in [1.807, 2.05) is 24.3 Å².